The van der Waals surface area contributed by atoms with Gasteiger partial charge in [-0.15, -0.1) is 0 Å². The fourth-order valence-corrected chi connectivity index (χ4v) is 3.68. The number of nitrogen functional groups attached to an aromatic ring is 1. The number of benzene rings is 1. The number of nitrogens with two attached hydrogens (primary N) is 2. The number of methoxy groups -OCH3 is 1. The van der Waals surface area contributed by atoms with Crippen LogP contribution in [0.15, 0.2) is 53.3 Å². The number of ether oxygens (including phenoxy) is 1. The Morgan fingerprint density at radius 1 is 1.18 bits per heavy atom. The van der Waals surface area contributed by atoms with Crippen molar-refractivity contribution in [3.05, 3.63) is 54.9 Å². The first kappa shape index (κ1) is 22.7. The van der Waals surface area contributed by atoms with Crippen molar-refractivity contribution < 1.29 is 13.5 Å². The molecule has 0 radical (unpaired) electrons. The molecule has 0 bridgehead atoms. The molecule has 12 heteroatoms. The van der Waals surface area contributed by atoms with Crippen LogP contribution in [0.2, 0.25) is 0 Å². The van der Waals surface area contributed by atoms with Crippen molar-refractivity contribution in [2.45, 2.75) is 19.4 Å². The largest absolute Gasteiger partial charge is 0.480 e. The van der Waals surface area contributed by atoms with Gasteiger partial charge in [-0.1, -0.05) is 6.92 Å². The number of anilines is 1. The summed E-state index contributed by atoms with van der Waals surface area (Å²) in [5.41, 5.74) is 8.61. The Hall–Kier alpha value is -4.48. The van der Waals surface area contributed by atoms with Gasteiger partial charge in [0.15, 0.2) is 11.6 Å². The second-order valence-electron chi connectivity index (χ2n) is 7.19. The molecular weight excluding hydrogens is 444 g/mol. The summed E-state index contributed by atoms with van der Waals surface area (Å²) in [6, 6.07) is 2.92. The van der Waals surface area contributed by atoms with E-state index in [9.17, 15) is 8.78 Å². The summed E-state index contributed by atoms with van der Waals surface area (Å²) in [6.07, 6.45) is 8.13. The summed E-state index contributed by atoms with van der Waals surface area (Å²) >= 11 is 0. The van der Waals surface area contributed by atoms with Crippen LogP contribution in [0.3, 0.4) is 0 Å². The van der Waals surface area contributed by atoms with Crippen molar-refractivity contribution in [3.8, 4) is 17.0 Å². The van der Waals surface area contributed by atoms with Crippen LogP contribution >= 0.6 is 0 Å². The van der Waals surface area contributed by atoms with E-state index >= 15 is 0 Å². The zero-order chi connectivity index (χ0) is 24.2. The van der Waals surface area contributed by atoms with E-state index in [0.717, 1.165) is 12.1 Å². The number of aromatic nitrogens is 5. The minimum atomic E-state index is -1.000. The molecule has 0 aliphatic rings. The second kappa shape index (κ2) is 9.57. The highest BCUT2D eigenvalue weighted by Gasteiger charge is 2.24. The molecule has 0 saturated heterocycles. The quantitative estimate of drug-likeness (QED) is 0.242. The topological polar surface area (TPSA) is 142 Å². The summed E-state index contributed by atoms with van der Waals surface area (Å²) in [6.45, 7) is 1.93. The molecule has 34 heavy (non-hydrogen) atoms. The first-order valence-electron chi connectivity index (χ1n) is 10.2. The summed E-state index contributed by atoms with van der Waals surface area (Å²) in [5.74, 6) is 4.36. The van der Waals surface area contributed by atoms with E-state index in [2.05, 4.69) is 30.0 Å². The van der Waals surface area contributed by atoms with Crippen LogP contribution in [0.25, 0.3) is 22.2 Å². The molecule has 3 aromatic heterocycles. The van der Waals surface area contributed by atoms with E-state index in [-0.39, 0.29) is 11.5 Å². The van der Waals surface area contributed by atoms with Crippen LogP contribution in [-0.4, -0.2) is 43.5 Å². The molecule has 4 N–H and O–H groups in total. The molecule has 0 aliphatic carbocycles. The van der Waals surface area contributed by atoms with Crippen LogP contribution in [-0.2, 0) is 0 Å². The molecule has 3 heterocycles. The molecule has 174 valence electrons. The number of nitrogens with zero attached hydrogens (tertiary/aromatic N) is 7. The summed E-state index contributed by atoms with van der Waals surface area (Å²) in [5, 5.41) is 4.48. The maximum absolute atomic E-state index is 13.6. The predicted octanol–water partition coefficient (Wildman–Crippen LogP) is 3.43. The molecule has 4 aromatic rings. The van der Waals surface area contributed by atoms with Crippen molar-refractivity contribution in [1.29, 1.82) is 0 Å². The van der Waals surface area contributed by atoms with Gasteiger partial charge in [-0.3, -0.25) is 4.99 Å². The van der Waals surface area contributed by atoms with Crippen molar-refractivity contribution in [1.82, 2.24) is 24.5 Å². The van der Waals surface area contributed by atoms with E-state index in [4.69, 9.17) is 16.3 Å². The first-order chi connectivity index (χ1) is 16.5. The van der Waals surface area contributed by atoms with Gasteiger partial charge in [0.1, 0.15) is 29.8 Å². The molecule has 10 nitrogen and oxygen atoms in total. The highest BCUT2D eigenvalue weighted by Crippen LogP contribution is 2.38. The third kappa shape index (κ3) is 4.12. The normalized spacial score (nSPS) is 13.0. The summed E-state index contributed by atoms with van der Waals surface area (Å²) in [4.78, 5) is 21.0. The van der Waals surface area contributed by atoms with E-state index in [1.54, 1.807) is 6.20 Å². The second-order valence-corrected chi connectivity index (χ2v) is 7.19. The van der Waals surface area contributed by atoms with Crippen LogP contribution in [0.5, 0.6) is 5.88 Å². The Morgan fingerprint density at radius 3 is 2.71 bits per heavy atom. The maximum Gasteiger partial charge on any atom is 0.224 e. The maximum atomic E-state index is 13.6. The van der Waals surface area contributed by atoms with Gasteiger partial charge in [-0.05, 0) is 18.6 Å². The number of halogens is 2. The van der Waals surface area contributed by atoms with Gasteiger partial charge in [0.05, 0.1) is 36.0 Å². The lowest BCUT2D eigenvalue weighted by atomic mass is 10.1. The Balaban J connectivity index is 1.83. The van der Waals surface area contributed by atoms with Crippen LogP contribution in [0.4, 0.5) is 20.3 Å². The van der Waals surface area contributed by atoms with E-state index in [1.807, 2.05) is 17.7 Å². The molecule has 1 aromatic carbocycles. The number of aliphatic imine (C=N–C) groups is 1. The van der Waals surface area contributed by atoms with Crippen LogP contribution in [0.1, 0.15) is 19.4 Å². The lowest BCUT2D eigenvalue weighted by molar-refractivity contribution is 0.398. The van der Waals surface area contributed by atoms with Crippen molar-refractivity contribution in [2.24, 2.45) is 15.9 Å². The highest BCUT2D eigenvalue weighted by molar-refractivity contribution is 6.32. The SMILES string of the molecule is CCC(C(C=Nc1ccc(F)c(F)c1)=NN)n1cc(-c2cncnc2OC)c2c(N)ncnc21. The van der Waals surface area contributed by atoms with E-state index < -0.39 is 17.7 Å². The fourth-order valence-electron chi connectivity index (χ4n) is 3.68. The van der Waals surface area contributed by atoms with Gasteiger partial charge in [-0.25, -0.2) is 28.7 Å². The third-order valence-corrected chi connectivity index (χ3v) is 5.26. The lowest BCUT2D eigenvalue weighted by Gasteiger charge is -2.17. The number of hydrazone groups is 1. The van der Waals surface area contributed by atoms with Gasteiger partial charge < -0.3 is 20.9 Å². The third-order valence-electron chi connectivity index (χ3n) is 5.26. The smallest absolute Gasteiger partial charge is 0.224 e. The molecular formula is C22H21F2N9O. The van der Waals surface area contributed by atoms with Gasteiger partial charge in [0.25, 0.3) is 0 Å². The van der Waals surface area contributed by atoms with Crippen molar-refractivity contribution in [3.63, 3.8) is 0 Å². The number of hydrogen-bond acceptors (Lipinski definition) is 9. The first-order valence-corrected chi connectivity index (χ1v) is 10.2. The summed E-state index contributed by atoms with van der Waals surface area (Å²) < 4.78 is 34.0. The molecule has 0 fully saturated rings. The molecule has 4 rings (SSSR count). The van der Waals surface area contributed by atoms with Gasteiger partial charge in [-0.2, -0.15) is 5.10 Å². The molecule has 1 unspecified atom stereocenters. The molecule has 0 saturated carbocycles. The van der Waals surface area contributed by atoms with Gasteiger partial charge in [0.2, 0.25) is 5.88 Å². The molecule has 0 aliphatic heterocycles. The number of hydrogen-bond donors (Lipinski definition) is 2. The molecule has 1 atom stereocenters. The average molecular weight is 465 g/mol. The Labute approximate surface area is 193 Å². The minimum Gasteiger partial charge on any atom is -0.480 e. The number of rotatable bonds is 7. The average Bonchev–Trinajstić information content (AvgIpc) is 3.24. The minimum absolute atomic E-state index is 0.214. The summed E-state index contributed by atoms with van der Waals surface area (Å²) in [7, 11) is 1.51. The Kier molecular flexibility index (Phi) is 6.39. The Bertz CT molecular complexity index is 1400. The van der Waals surface area contributed by atoms with Crippen molar-refractivity contribution in [2.75, 3.05) is 12.8 Å². The van der Waals surface area contributed by atoms with Crippen LogP contribution in [0, 0.1) is 11.6 Å². The Morgan fingerprint density at radius 2 is 2.00 bits per heavy atom. The van der Waals surface area contributed by atoms with Crippen LogP contribution < -0.4 is 16.3 Å². The predicted molar refractivity (Wildman–Crippen MR) is 125 cm³/mol. The molecule has 0 amide bonds. The lowest BCUT2D eigenvalue weighted by Crippen LogP contribution is -2.21. The number of fused-ring (bicyclic) bond motifs is 1. The monoisotopic (exact) mass is 465 g/mol. The molecule has 0 spiro atoms. The van der Waals surface area contributed by atoms with E-state index in [0.29, 0.717) is 40.2 Å². The van der Waals surface area contributed by atoms with Gasteiger partial charge in [0, 0.05) is 24.0 Å². The van der Waals surface area contributed by atoms with Gasteiger partial charge >= 0.3 is 0 Å². The zero-order valence-electron chi connectivity index (χ0n) is 18.4. The zero-order valence-corrected chi connectivity index (χ0v) is 18.4. The van der Waals surface area contributed by atoms with Crippen molar-refractivity contribution >= 4 is 34.5 Å². The standard InChI is InChI=1S/C22H21F2N9O/c1-3-18(17(32-26)8-28-12-4-5-15(23)16(24)6-12)33-9-14(13-7-27-10-31-22(13)34-2)19-20(25)29-11-30-21(19)33/h4-11,18H,3,26H2,1-2H3,(H2,25,29,30). The van der Waals surface area contributed by atoms with E-state index in [1.165, 1.54) is 32.0 Å². The highest BCUT2D eigenvalue weighted by atomic mass is 19.2. The fraction of sp³-hybridized carbons (Fsp3) is 0.182.